The molecule has 0 radical (unpaired) electrons. The summed E-state index contributed by atoms with van der Waals surface area (Å²) in [5.74, 6) is 0.491. The number of nitrogens with one attached hydrogen (secondary N) is 1. The van der Waals surface area contributed by atoms with Crippen LogP contribution in [0.1, 0.15) is 65.3 Å². The molecule has 190 valence electrons. The van der Waals surface area contributed by atoms with E-state index in [0.29, 0.717) is 34.7 Å². The number of rotatable bonds is 6. The highest BCUT2D eigenvalue weighted by Gasteiger charge is 2.28. The van der Waals surface area contributed by atoms with Crippen molar-refractivity contribution in [2.24, 2.45) is 0 Å². The predicted molar refractivity (Wildman–Crippen MR) is 131 cm³/mol. The van der Waals surface area contributed by atoms with E-state index < -0.39 is 6.43 Å². The molecular formula is C26H30F2N6O2. The van der Waals surface area contributed by atoms with E-state index in [9.17, 15) is 13.6 Å². The van der Waals surface area contributed by atoms with Gasteiger partial charge in [-0.15, -0.1) is 0 Å². The van der Waals surface area contributed by atoms with Crippen LogP contribution in [0, 0.1) is 6.92 Å². The first kappa shape index (κ1) is 24.5. The van der Waals surface area contributed by atoms with Crippen molar-refractivity contribution in [3.63, 3.8) is 0 Å². The van der Waals surface area contributed by atoms with E-state index in [1.165, 1.54) is 35.9 Å². The molecule has 1 saturated carbocycles. The summed E-state index contributed by atoms with van der Waals surface area (Å²) in [7, 11) is 0. The number of halogens is 2. The summed E-state index contributed by atoms with van der Waals surface area (Å²) in [5.41, 5.74) is 2.45. The Morgan fingerprint density at radius 2 is 1.81 bits per heavy atom. The molecule has 5 rings (SSSR count). The number of carbonyl (C=O) groups is 1. The number of aromatic nitrogens is 4. The van der Waals surface area contributed by atoms with Gasteiger partial charge in [-0.1, -0.05) is 0 Å². The van der Waals surface area contributed by atoms with Gasteiger partial charge < -0.3 is 10.1 Å². The zero-order valence-corrected chi connectivity index (χ0v) is 20.2. The molecule has 1 saturated heterocycles. The highest BCUT2D eigenvalue weighted by atomic mass is 19.3. The number of anilines is 1. The molecule has 1 amide bonds. The average molecular weight is 497 g/mol. The monoisotopic (exact) mass is 496 g/mol. The summed E-state index contributed by atoms with van der Waals surface area (Å²) in [6.07, 6.45) is 6.26. The van der Waals surface area contributed by atoms with Crippen molar-refractivity contribution in [3.05, 3.63) is 65.4 Å². The lowest BCUT2D eigenvalue weighted by molar-refractivity contribution is 0.00721. The quantitative estimate of drug-likeness (QED) is 0.540. The Balaban J connectivity index is 1.18. The van der Waals surface area contributed by atoms with Crippen LogP contribution in [0.2, 0.25) is 0 Å². The molecule has 0 aromatic carbocycles. The van der Waals surface area contributed by atoms with Crippen molar-refractivity contribution in [3.8, 4) is 5.82 Å². The predicted octanol–water partition coefficient (Wildman–Crippen LogP) is 4.52. The Kier molecular flexibility index (Phi) is 7.33. The molecule has 2 fully saturated rings. The van der Waals surface area contributed by atoms with Crippen LogP contribution in [0.5, 0.6) is 0 Å². The minimum Gasteiger partial charge on any atom is -0.379 e. The van der Waals surface area contributed by atoms with Crippen LogP contribution >= 0.6 is 0 Å². The third kappa shape index (κ3) is 5.29. The normalized spacial score (nSPS) is 21.0. The summed E-state index contributed by atoms with van der Waals surface area (Å²) in [5, 5.41) is 7.09. The van der Waals surface area contributed by atoms with E-state index >= 15 is 0 Å². The minimum absolute atomic E-state index is 0.164. The molecule has 2 aliphatic rings. The fourth-order valence-corrected chi connectivity index (χ4v) is 5.11. The van der Waals surface area contributed by atoms with Crippen molar-refractivity contribution in [1.29, 1.82) is 0 Å². The lowest BCUT2D eigenvalue weighted by Crippen LogP contribution is -2.44. The SMILES string of the molecule is Cc1c(C(=O)Nc2ccc(C3CCC(N4CCOCC4)CC3)nc2)cnn1-c1ccc(C(F)F)cn1. The summed E-state index contributed by atoms with van der Waals surface area (Å²) in [4.78, 5) is 24.1. The van der Waals surface area contributed by atoms with E-state index in [4.69, 9.17) is 4.74 Å². The van der Waals surface area contributed by atoms with E-state index in [1.54, 1.807) is 13.1 Å². The topological polar surface area (TPSA) is 85.2 Å². The lowest BCUT2D eigenvalue weighted by atomic mass is 9.83. The second-order valence-electron chi connectivity index (χ2n) is 9.39. The maximum absolute atomic E-state index is 12.9. The van der Waals surface area contributed by atoms with Gasteiger partial charge in [-0.05, 0) is 56.9 Å². The largest absolute Gasteiger partial charge is 0.379 e. The molecule has 8 nitrogen and oxygen atoms in total. The van der Waals surface area contributed by atoms with Crippen molar-refractivity contribution >= 4 is 11.6 Å². The number of pyridine rings is 2. The third-order valence-corrected chi connectivity index (χ3v) is 7.22. The molecule has 1 aliphatic heterocycles. The number of nitrogens with zero attached hydrogens (tertiary/aromatic N) is 5. The van der Waals surface area contributed by atoms with Crippen LogP contribution in [0.3, 0.4) is 0 Å². The standard InChI is InChI=1S/C26H30F2N6O2/c1-17-22(16-31-34(17)24-9-4-19(14-30-24)25(27)28)26(35)32-20-5-8-23(29-15-20)18-2-6-21(7-3-18)33-10-12-36-13-11-33/h4-5,8-9,14-16,18,21,25H,2-3,6-7,10-13H2,1H3,(H,32,35). The number of morpholine rings is 1. The van der Waals surface area contributed by atoms with E-state index in [2.05, 4.69) is 25.3 Å². The fourth-order valence-electron chi connectivity index (χ4n) is 5.11. The van der Waals surface area contributed by atoms with Crippen LogP contribution in [0.15, 0.2) is 42.9 Å². The first-order valence-corrected chi connectivity index (χ1v) is 12.4. The van der Waals surface area contributed by atoms with Crippen molar-refractivity contribution in [2.75, 3.05) is 31.6 Å². The molecule has 10 heteroatoms. The molecule has 4 heterocycles. The van der Waals surface area contributed by atoms with Gasteiger partial charge in [0.15, 0.2) is 5.82 Å². The van der Waals surface area contributed by atoms with E-state index in [1.807, 2.05) is 12.1 Å². The van der Waals surface area contributed by atoms with Crippen molar-refractivity contribution in [1.82, 2.24) is 24.6 Å². The average Bonchev–Trinajstić information content (AvgIpc) is 3.31. The minimum atomic E-state index is -2.59. The summed E-state index contributed by atoms with van der Waals surface area (Å²) >= 11 is 0. The van der Waals surface area contributed by atoms with Gasteiger partial charge in [0.05, 0.1) is 42.6 Å². The maximum Gasteiger partial charge on any atom is 0.265 e. The van der Waals surface area contributed by atoms with Crippen molar-refractivity contribution in [2.45, 2.75) is 51.0 Å². The molecule has 1 N–H and O–H groups in total. The molecule has 0 unspecified atom stereocenters. The van der Waals surface area contributed by atoms with Crippen LogP contribution in [0.25, 0.3) is 5.82 Å². The zero-order valence-electron chi connectivity index (χ0n) is 20.2. The molecule has 0 atom stereocenters. The molecular weight excluding hydrogens is 466 g/mol. The number of alkyl halides is 2. The van der Waals surface area contributed by atoms with E-state index in [-0.39, 0.29) is 11.5 Å². The van der Waals surface area contributed by atoms with Gasteiger partial charge in [0, 0.05) is 42.5 Å². The maximum atomic E-state index is 12.9. The van der Waals surface area contributed by atoms with Gasteiger partial charge in [-0.3, -0.25) is 14.7 Å². The first-order valence-electron chi connectivity index (χ1n) is 12.4. The number of carbonyl (C=O) groups excluding carboxylic acids is 1. The molecule has 36 heavy (non-hydrogen) atoms. The van der Waals surface area contributed by atoms with Gasteiger partial charge in [-0.25, -0.2) is 18.4 Å². The Labute approximate surface area is 208 Å². The van der Waals surface area contributed by atoms with E-state index in [0.717, 1.165) is 51.0 Å². The third-order valence-electron chi connectivity index (χ3n) is 7.22. The second-order valence-corrected chi connectivity index (χ2v) is 9.39. The van der Waals surface area contributed by atoms with Crippen LogP contribution in [-0.4, -0.2) is 62.9 Å². The summed E-state index contributed by atoms with van der Waals surface area (Å²) < 4.78 is 32.5. The number of amides is 1. The Morgan fingerprint density at radius 1 is 1.03 bits per heavy atom. The molecule has 1 aliphatic carbocycles. The van der Waals surface area contributed by atoms with Gasteiger partial charge in [0.25, 0.3) is 12.3 Å². The van der Waals surface area contributed by atoms with Crippen LogP contribution < -0.4 is 5.32 Å². The van der Waals surface area contributed by atoms with Crippen LogP contribution in [-0.2, 0) is 4.74 Å². The number of hydrogen-bond donors (Lipinski definition) is 1. The summed E-state index contributed by atoms with van der Waals surface area (Å²) in [6.45, 7) is 5.46. The Hall–Kier alpha value is -3.24. The van der Waals surface area contributed by atoms with Gasteiger partial charge in [0.1, 0.15) is 0 Å². The first-order chi connectivity index (χ1) is 17.5. The molecule has 0 bridgehead atoms. The second kappa shape index (κ2) is 10.8. The molecule has 3 aromatic rings. The smallest absolute Gasteiger partial charge is 0.265 e. The lowest BCUT2D eigenvalue weighted by Gasteiger charge is -2.38. The van der Waals surface area contributed by atoms with Crippen molar-refractivity contribution < 1.29 is 18.3 Å². The highest BCUT2D eigenvalue weighted by Crippen LogP contribution is 2.34. The molecule has 3 aromatic heterocycles. The van der Waals surface area contributed by atoms with Gasteiger partial charge >= 0.3 is 0 Å². The Morgan fingerprint density at radius 3 is 2.44 bits per heavy atom. The van der Waals surface area contributed by atoms with Gasteiger partial charge in [0.2, 0.25) is 0 Å². The molecule has 0 spiro atoms. The number of hydrogen-bond acceptors (Lipinski definition) is 6. The Bertz CT molecular complexity index is 1170. The highest BCUT2D eigenvalue weighted by molar-refractivity contribution is 6.04. The fraction of sp³-hybridized carbons (Fsp3) is 0.462. The zero-order chi connectivity index (χ0) is 25.1. The van der Waals surface area contributed by atoms with Crippen LogP contribution in [0.4, 0.5) is 14.5 Å². The van der Waals surface area contributed by atoms with Gasteiger partial charge in [-0.2, -0.15) is 5.10 Å². The number of ether oxygens (including phenoxy) is 1. The summed E-state index contributed by atoms with van der Waals surface area (Å²) in [6, 6.07) is 7.29.